The molecule has 0 bridgehead atoms. The summed E-state index contributed by atoms with van der Waals surface area (Å²) in [6, 6.07) is 6.90. The van der Waals surface area contributed by atoms with E-state index in [1.54, 1.807) is 52.1 Å². The molecule has 116 valence electrons. The van der Waals surface area contributed by atoms with E-state index in [-0.39, 0.29) is 12.5 Å². The highest BCUT2D eigenvalue weighted by atomic mass is 35.5. The summed E-state index contributed by atoms with van der Waals surface area (Å²) in [6.45, 7) is 5.27. The molecule has 0 spiro atoms. The molecular formula is C15H21ClN2O3. The van der Waals surface area contributed by atoms with Crippen molar-refractivity contribution in [2.75, 3.05) is 25.5 Å². The second kappa shape index (κ2) is 6.80. The number of hydrogen-bond acceptors (Lipinski definition) is 3. The Balaban J connectivity index is 2.63. The van der Waals surface area contributed by atoms with Crippen LogP contribution >= 0.6 is 11.6 Å². The van der Waals surface area contributed by atoms with Gasteiger partial charge in [-0.1, -0.05) is 11.6 Å². The molecule has 0 aliphatic rings. The van der Waals surface area contributed by atoms with Gasteiger partial charge in [-0.15, -0.1) is 0 Å². The summed E-state index contributed by atoms with van der Waals surface area (Å²) in [7, 11) is 3.18. The van der Waals surface area contributed by atoms with Gasteiger partial charge in [-0.3, -0.25) is 4.79 Å². The molecule has 0 unspecified atom stereocenters. The lowest BCUT2D eigenvalue weighted by molar-refractivity contribution is -0.119. The van der Waals surface area contributed by atoms with E-state index >= 15 is 0 Å². The first-order valence-electron chi connectivity index (χ1n) is 6.56. The van der Waals surface area contributed by atoms with Gasteiger partial charge in [0.2, 0.25) is 5.91 Å². The first kappa shape index (κ1) is 17.3. The van der Waals surface area contributed by atoms with Gasteiger partial charge in [0.15, 0.2) is 0 Å². The van der Waals surface area contributed by atoms with Crippen LogP contribution in [-0.2, 0) is 9.53 Å². The van der Waals surface area contributed by atoms with Crippen LogP contribution in [0.2, 0.25) is 5.02 Å². The lowest BCUT2D eigenvalue weighted by Crippen LogP contribution is -2.41. The number of amides is 2. The molecular weight excluding hydrogens is 292 g/mol. The Morgan fingerprint density at radius 1 is 1.14 bits per heavy atom. The standard InChI is InChI=1S/C15H21ClN2O3/c1-15(2,3)21-14(20)17(4)10-13(19)18(5)12-8-6-11(16)7-9-12/h6-9H,10H2,1-5H3. The fraction of sp³-hybridized carbons (Fsp3) is 0.467. The van der Waals surface area contributed by atoms with Crippen molar-refractivity contribution in [1.29, 1.82) is 0 Å². The number of halogens is 1. The Bertz CT molecular complexity index is 509. The number of nitrogens with zero attached hydrogens (tertiary/aromatic N) is 2. The molecule has 0 saturated heterocycles. The Morgan fingerprint density at radius 3 is 2.14 bits per heavy atom. The van der Waals surface area contributed by atoms with Crippen LogP contribution in [0.3, 0.4) is 0 Å². The van der Waals surface area contributed by atoms with Gasteiger partial charge in [-0.2, -0.15) is 0 Å². The summed E-state index contributed by atoms with van der Waals surface area (Å²) in [5.74, 6) is -0.217. The summed E-state index contributed by atoms with van der Waals surface area (Å²) in [4.78, 5) is 26.7. The van der Waals surface area contributed by atoms with Gasteiger partial charge in [0.1, 0.15) is 12.1 Å². The van der Waals surface area contributed by atoms with Crippen molar-refractivity contribution in [3.8, 4) is 0 Å². The third-order valence-corrected chi connectivity index (χ3v) is 2.92. The van der Waals surface area contributed by atoms with Crippen LogP contribution in [0.15, 0.2) is 24.3 Å². The van der Waals surface area contributed by atoms with Crippen molar-refractivity contribution in [3.63, 3.8) is 0 Å². The van der Waals surface area contributed by atoms with Crippen LogP contribution in [0.4, 0.5) is 10.5 Å². The zero-order valence-corrected chi connectivity index (χ0v) is 13.8. The first-order valence-corrected chi connectivity index (χ1v) is 6.94. The highest BCUT2D eigenvalue weighted by molar-refractivity contribution is 6.30. The Kier molecular flexibility index (Phi) is 5.61. The lowest BCUT2D eigenvalue weighted by Gasteiger charge is -2.26. The fourth-order valence-electron chi connectivity index (χ4n) is 1.52. The topological polar surface area (TPSA) is 49.9 Å². The van der Waals surface area contributed by atoms with Gasteiger partial charge in [0.05, 0.1) is 0 Å². The molecule has 0 N–H and O–H groups in total. The number of rotatable bonds is 3. The molecule has 0 aliphatic carbocycles. The Morgan fingerprint density at radius 2 is 1.67 bits per heavy atom. The van der Waals surface area contributed by atoms with E-state index in [1.165, 1.54) is 16.8 Å². The van der Waals surface area contributed by atoms with Crippen LogP contribution < -0.4 is 4.90 Å². The smallest absolute Gasteiger partial charge is 0.410 e. The molecule has 0 heterocycles. The minimum Gasteiger partial charge on any atom is -0.444 e. The average molecular weight is 313 g/mol. The quantitative estimate of drug-likeness (QED) is 0.861. The maximum atomic E-state index is 12.2. The summed E-state index contributed by atoms with van der Waals surface area (Å²) in [5, 5.41) is 0.602. The Labute approximate surface area is 130 Å². The van der Waals surface area contributed by atoms with Gasteiger partial charge >= 0.3 is 6.09 Å². The van der Waals surface area contributed by atoms with Gasteiger partial charge in [0.25, 0.3) is 0 Å². The van der Waals surface area contributed by atoms with E-state index in [1.807, 2.05) is 0 Å². The fourth-order valence-corrected chi connectivity index (χ4v) is 1.65. The predicted molar refractivity (Wildman–Crippen MR) is 83.7 cm³/mol. The van der Waals surface area contributed by atoms with E-state index < -0.39 is 11.7 Å². The zero-order valence-electron chi connectivity index (χ0n) is 13.0. The second-order valence-electron chi connectivity index (χ2n) is 5.77. The zero-order chi connectivity index (χ0) is 16.2. The van der Waals surface area contributed by atoms with Crippen molar-refractivity contribution in [1.82, 2.24) is 4.90 Å². The first-order chi connectivity index (χ1) is 9.60. The van der Waals surface area contributed by atoms with Crippen LogP contribution in [0.25, 0.3) is 0 Å². The van der Waals surface area contributed by atoms with Crippen molar-refractivity contribution in [3.05, 3.63) is 29.3 Å². The van der Waals surface area contributed by atoms with Crippen molar-refractivity contribution >= 4 is 29.3 Å². The monoisotopic (exact) mass is 312 g/mol. The summed E-state index contributed by atoms with van der Waals surface area (Å²) >= 11 is 5.81. The van der Waals surface area contributed by atoms with Crippen molar-refractivity contribution < 1.29 is 14.3 Å². The minimum absolute atomic E-state index is 0.0615. The molecule has 0 saturated carbocycles. The molecule has 6 heteroatoms. The molecule has 0 fully saturated rings. The highest BCUT2D eigenvalue weighted by Crippen LogP contribution is 2.17. The SMILES string of the molecule is CN(CC(=O)N(C)c1ccc(Cl)cc1)C(=O)OC(C)(C)C. The van der Waals surface area contributed by atoms with E-state index in [9.17, 15) is 9.59 Å². The number of hydrogen-bond donors (Lipinski definition) is 0. The number of likely N-dealkylation sites (N-methyl/N-ethyl adjacent to an activating group) is 2. The largest absolute Gasteiger partial charge is 0.444 e. The number of ether oxygens (including phenoxy) is 1. The van der Waals surface area contributed by atoms with E-state index in [2.05, 4.69) is 0 Å². The molecule has 0 aliphatic heterocycles. The molecule has 5 nitrogen and oxygen atoms in total. The van der Waals surface area contributed by atoms with E-state index in [0.717, 1.165) is 0 Å². The van der Waals surface area contributed by atoms with Gasteiger partial charge in [-0.25, -0.2) is 4.79 Å². The molecule has 21 heavy (non-hydrogen) atoms. The van der Waals surface area contributed by atoms with Crippen LogP contribution in [0.1, 0.15) is 20.8 Å². The third-order valence-electron chi connectivity index (χ3n) is 2.67. The van der Waals surface area contributed by atoms with Gasteiger partial charge in [-0.05, 0) is 45.0 Å². The summed E-state index contributed by atoms with van der Waals surface area (Å²) in [5.41, 5.74) is 0.123. The van der Waals surface area contributed by atoms with E-state index in [4.69, 9.17) is 16.3 Å². The average Bonchev–Trinajstić information content (AvgIpc) is 2.36. The Hall–Kier alpha value is -1.75. The summed E-state index contributed by atoms with van der Waals surface area (Å²) < 4.78 is 5.20. The minimum atomic E-state index is -0.587. The van der Waals surface area contributed by atoms with Crippen LogP contribution in [0, 0.1) is 0 Å². The lowest BCUT2D eigenvalue weighted by atomic mass is 10.2. The second-order valence-corrected chi connectivity index (χ2v) is 6.20. The van der Waals surface area contributed by atoms with Crippen molar-refractivity contribution in [2.24, 2.45) is 0 Å². The summed E-state index contributed by atoms with van der Waals surface area (Å²) in [6.07, 6.45) is -0.527. The molecule has 0 aromatic heterocycles. The molecule has 2 amide bonds. The number of carbonyl (C=O) groups is 2. The number of anilines is 1. The molecule has 1 aromatic rings. The van der Waals surface area contributed by atoms with Gasteiger partial charge < -0.3 is 14.5 Å². The predicted octanol–water partition coefficient (Wildman–Crippen LogP) is 3.17. The van der Waals surface area contributed by atoms with Gasteiger partial charge in [0, 0.05) is 24.8 Å². The molecule has 1 rings (SSSR count). The normalized spacial score (nSPS) is 11.0. The number of carbonyl (C=O) groups excluding carboxylic acids is 2. The number of benzene rings is 1. The van der Waals surface area contributed by atoms with Crippen LogP contribution in [-0.4, -0.2) is 43.1 Å². The van der Waals surface area contributed by atoms with Crippen molar-refractivity contribution in [2.45, 2.75) is 26.4 Å². The van der Waals surface area contributed by atoms with Crippen LogP contribution in [0.5, 0.6) is 0 Å². The highest BCUT2D eigenvalue weighted by Gasteiger charge is 2.22. The molecule has 1 aromatic carbocycles. The maximum absolute atomic E-state index is 12.2. The van der Waals surface area contributed by atoms with E-state index in [0.29, 0.717) is 10.7 Å². The molecule has 0 atom stereocenters. The molecule has 0 radical (unpaired) electrons. The third kappa shape index (κ3) is 5.63. The maximum Gasteiger partial charge on any atom is 0.410 e.